The maximum absolute atomic E-state index is 9.52. The molecule has 0 aliphatic heterocycles. The molecule has 0 bridgehead atoms. The second-order valence-electron chi connectivity index (χ2n) is 10.1. The molecule has 6 aromatic carbocycles. The normalized spacial score (nSPS) is 10.8. The standard InChI is InChI=1S/C38H32N2O2/c41-27-29-11-19-35(20-12-29)40(36-21-13-30(28-42)14-22-36)38-25-17-32(18-26-38)31-15-23-37(24-16-31)39(33-7-3-1-4-8-33)34-9-5-2-6-10-34/h1-26,41-42H,27-28H2. The van der Waals surface area contributed by atoms with Crippen molar-refractivity contribution in [1.29, 1.82) is 0 Å². The molecule has 0 heterocycles. The maximum atomic E-state index is 9.52. The lowest BCUT2D eigenvalue weighted by atomic mass is 10.0. The Labute approximate surface area is 247 Å². The molecule has 0 saturated heterocycles. The minimum absolute atomic E-state index is 0.00736. The van der Waals surface area contributed by atoms with Crippen molar-refractivity contribution in [3.05, 3.63) is 169 Å². The fraction of sp³-hybridized carbons (Fsp3) is 0.0526. The number of hydrogen-bond acceptors (Lipinski definition) is 4. The van der Waals surface area contributed by atoms with Crippen LogP contribution in [0.2, 0.25) is 0 Å². The number of aliphatic hydroxyl groups excluding tert-OH is 2. The summed E-state index contributed by atoms with van der Waals surface area (Å²) >= 11 is 0. The van der Waals surface area contributed by atoms with Crippen molar-refractivity contribution in [3.63, 3.8) is 0 Å². The molecule has 4 heteroatoms. The van der Waals surface area contributed by atoms with E-state index in [1.807, 2.05) is 60.7 Å². The van der Waals surface area contributed by atoms with Gasteiger partial charge in [-0.3, -0.25) is 0 Å². The molecule has 0 saturated carbocycles. The summed E-state index contributed by atoms with van der Waals surface area (Å²) in [7, 11) is 0. The van der Waals surface area contributed by atoms with Crippen molar-refractivity contribution in [2.75, 3.05) is 9.80 Å². The van der Waals surface area contributed by atoms with Crippen LogP contribution in [0, 0.1) is 0 Å². The Bertz CT molecular complexity index is 1610. The van der Waals surface area contributed by atoms with Gasteiger partial charge in [0.05, 0.1) is 13.2 Å². The molecule has 0 spiro atoms. The zero-order valence-electron chi connectivity index (χ0n) is 23.2. The zero-order valence-corrected chi connectivity index (χ0v) is 23.2. The molecular formula is C38H32N2O2. The summed E-state index contributed by atoms with van der Waals surface area (Å²) in [6.45, 7) is 0.0147. The Balaban J connectivity index is 1.31. The van der Waals surface area contributed by atoms with Gasteiger partial charge in [-0.25, -0.2) is 0 Å². The molecule has 0 aromatic heterocycles. The Morgan fingerprint density at radius 3 is 0.857 bits per heavy atom. The number of hydrogen-bond donors (Lipinski definition) is 2. The smallest absolute Gasteiger partial charge is 0.0681 e. The van der Waals surface area contributed by atoms with Crippen molar-refractivity contribution in [1.82, 2.24) is 0 Å². The predicted octanol–water partition coefficient (Wildman–Crippen LogP) is 9.28. The van der Waals surface area contributed by atoms with Gasteiger partial charge < -0.3 is 20.0 Å². The molecule has 6 rings (SSSR count). The quantitative estimate of drug-likeness (QED) is 0.189. The third kappa shape index (κ3) is 5.81. The van der Waals surface area contributed by atoms with E-state index in [0.717, 1.165) is 56.4 Å². The third-order valence-electron chi connectivity index (χ3n) is 7.37. The first-order valence-corrected chi connectivity index (χ1v) is 14.0. The molecule has 6 aromatic rings. The van der Waals surface area contributed by atoms with Crippen LogP contribution in [-0.2, 0) is 13.2 Å². The molecule has 4 nitrogen and oxygen atoms in total. The molecule has 0 atom stereocenters. The number of nitrogens with zero attached hydrogens (tertiary/aromatic N) is 2. The number of benzene rings is 6. The van der Waals surface area contributed by atoms with Gasteiger partial charge in [0, 0.05) is 34.1 Å². The Hall–Kier alpha value is -5.16. The molecule has 0 radical (unpaired) electrons. The minimum atomic E-state index is 0.00736. The van der Waals surface area contributed by atoms with Crippen LogP contribution in [0.1, 0.15) is 11.1 Å². The topological polar surface area (TPSA) is 46.9 Å². The van der Waals surface area contributed by atoms with Gasteiger partial charge in [0.25, 0.3) is 0 Å². The summed E-state index contributed by atoms with van der Waals surface area (Å²) in [5, 5.41) is 19.0. The summed E-state index contributed by atoms with van der Waals surface area (Å²) in [6.07, 6.45) is 0. The first kappa shape index (κ1) is 27.0. The van der Waals surface area contributed by atoms with Crippen molar-refractivity contribution in [2.45, 2.75) is 13.2 Å². The lowest BCUT2D eigenvalue weighted by Gasteiger charge is -2.26. The van der Waals surface area contributed by atoms with Crippen molar-refractivity contribution in [2.24, 2.45) is 0 Å². The second kappa shape index (κ2) is 12.6. The molecule has 0 amide bonds. The SMILES string of the molecule is OCc1ccc(N(c2ccc(CO)cc2)c2ccc(-c3ccc(N(c4ccccc4)c4ccccc4)cc3)cc2)cc1. The van der Waals surface area contributed by atoms with E-state index < -0.39 is 0 Å². The summed E-state index contributed by atoms with van der Waals surface area (Å²) in [5.41, 5.74) is 10.3. The van der Waals surface area contributed by atoms with Crippen molar-refractivity contribution < 1.29 is 10.2 Å². The number of anilines is 6. The minimum Gasteiger partial charge on any atom is -0.392 e. The van der Waals surface area contributed by atoms with Gasteiger partial charge in [-0.1, -0.05) is 84.9 Å². The summed E-state index contributed by atoms with van der Waals surface area (Å²) < 4.78 is 0. The monoisotopic (exact) mass is 548 g/mol. The van der Waals surface area contributed by atoms with Gasteiger partial charge in [0.1, 0.15) is 0 Å². The van der Waals surface area contributed by atoms with Crippen LogP contribution in [0.15, 0.2) is 158 Å². The van der Waals surface area contributed by atoms with E-state index >= 15 is 0 Å². The molecule has 0 fully saturated rings. The van der Waals surface area contributed by atoms with Gasteiger partial charge in [-0.05, 0) is 95.1 Å². The van der Waals surface area contributed by atoms with E-state index in [-0.39, 0.29) is 13.2 Å². The molecule has 0 unspecified atom stereocenters. The lowest BCUT2D eigenvalue weighted by Crippen LogP contribution is -2.10. The highest BCUT2D eigenvalue weighted by atomic mass is 16.3. The van der Waals surface area contributed by atoms with E-state index in [2.05, 4.69) is 107 Å². The van der Waals surface area contributed by atoms with Crippen LogP contribution in [0.25, 0.3) is 11.1 Å². The first-order chi connectivity index (χ1) is 20.7. The lowest BCUT2D eigenvalue weighted by molar-refractivity contribution is 0.281. The zero-order chi connectivity index (χ0) is 28.7. The van der Waals surface area contributed by atoms with Gasteiger partial charge in [-0.2, -0.15) is 0 Å². The summed E-state index contributed by atoms with van der Waals surface area (Å²) in [6, 6.07) is 53.9. The highest BCUT2D eigenvalue weighted by molar-refractivity contribution is 5.80. The number of aliphatic hydroxyl groups is 2. The third-order valence-corrected chi connectivity index (χ3v) is 7.37. The molecular weight excluding hydrogens is 516 g/mol. The van der Waals surface area contributed by atoms with Crippen LogP contribution in [-0.4, -0.2) is 10.2 Å². The fourth-order valence-electron chi connectivity index (χ4n) is 5.16. The van der Waals surface area contributed by atoms with Crippen molar-refractivity contribution in [3.8, 4) is 11.1 Å². The fourth-order valence-corrected chi connectivity index (χ4v) is 5.16. The van der Waals surface area contributed by atoms with E-state index in [9.17, 15) is 10.2 Å². The molecule has 0 aliphatic rings. The Morgan fingerprint density at radius 1 is 0.310 bits per heavy atom. The van der Waals surface area contributed by atoms with Crippen molar-refractivity contribution >= 4 is 34.1 Å². The Kier molecular flexibility index (Phi) is 8.09. The van der Waals surface area contributed by atoms with Gasteiger partial charge in [0.15, 0.2) is 0 Å². The maximum Gasteiger partial charge on any atom is 0.0681 e. The number of rotatable bonds is 9. The van der Waals surface area contributed by atoms with E-state index in [1.165, 1.54) is 0 Å². The van der Waals surface area contributed by atoms with Gasteiger partial charge in [-0.15, -0.1) is 0 Å². The van der Waals surface area contributed by atoms with Gasteiger partial charge >= 0.3 is 0 Å². The molecule has 2 N–H and O–H groups in total. The average molecular weight is 549 g/mol. The predicted molar refractivity (Wildman–Crippen MR) is 173 cm³/mol. The highest BCUT2D eigenvalue weighted by Crippen LogP contribution is 2.38. The summed E-state index contributed by atoms with van der Waals surface area (Å²) in [5.74, 6) is 0. The molecule has 206 valence electrons. The molecule has 0 aliphatic carbocycles. The summed E-state index contributed by atoms with van der Waals surface area (Å²) in [4.78, 5) is 4.43. The highest BCUT2D eigenvalue weighted by Gasteiger charge is 2.14. The largest absolute Gasteiger partial charge is 0.392 e. The van der Waals surface area contributed by atoms with E-state index in [4.69, 9.17) is 0 Å². The van der Waals surface area contributed by atoms with Crippen LogP contribution in [0.4, 0.5) is 34.1 Å². The first-order valence-electron chi connectivity index (χ1n) is 14.0. The van der Waals surface area contributed by atoms with Crippen LogP contribution in [0.3, 0.4) is 0 Å². The van der Waals surface area contributed by atoms with Crippen LogP contribution >= 0.6 is 0 Å². The molecule has 42 heavy (non-hydrogen) atoms. The van der Waals surface area contributed by atoms with E-state index in [0.29, 0.717) is 0 Å². The second-order valence-corrected chi connectivity index (χ2v) is 10.1. The van der Waals surface area contributed by atoms with Gasteiger partial charge in [0.2, 0.25) is 0 Å². The van der Waals surface area contributed by atoms with Crippen LogP contribution < -0.4 is 9.80 Å². The number of para-hydroxylation sites is 2. The van der Waals surface area contributed by atoms with E-state index in [1.54, 1.807) is 0 Å². The van der Waals surface area contributed by atoms with Crippen LogP contribution in [0.5, 0.6) is 0 Å². The Morgan fingerprint density at radius 2 is 0.571 bits per heavy atom. The average Bonchev–Trinajstić information content (AvgIpc) is 3.07.